The van der Waals surface area contributed by atoms with E-state index in [0.29, 0.717) is 0 Å². The van der Waals surface area contributed by atoms with Crippen LogP contribution in [0, 0.1) is 6.92 Å². The van der Waals surface area contributed by atoms with Crippen molar-refractivity contribution in [3.8, 4) is 22.3 Å². The molecular weight excluding hydrogens is 577 g/mol. The topological polar surface area (TPSA) is 13.1 Å². The van der Waals surface area contributed by atoms with Crippen LogP contribution in [-0.2, 0) is 5.41 Å². The molecule has 0 amide bonds. The Bertz CT molecular complexity index is 2650. The molecular formula is C44H28OS. The maximum Gasteiger partial charge on any atom is 0.143 e. The molecule has 9 aromatic rings. The largest absolute Gasteiger partial charge is 0.455 e. The standard InChI is InChI=1S/C44H28OS/c1-27-17-23-33-32-9-2-5-14-38(32)44(39(33)25-27,30-22-24-36-35-11-4-7-16-41(35)46-42(36)26-30)29-20-18-28(19-21-29)31-12-8-13-37-34-10-3-6-15-40(34)45-43(31)37/h2-26H,1H3. The van der Waals surface area contributed by atoms with Gasteiger partial charge in [0.05, 0.1) is 5.41 Å². The number of rotatable bonds is 3. The van der Waals surface area contributed by atoms with Crippen molar-refractivity contribution in [2.75, 3.05) is 0 Å². The van der Waals surface area contributed by atoms with Gasteiger partial charge >= 0.3 is 0 Å². The summed E-state index contributed by atoms with van der Waals surface area (Å²) >= 11 is 1.89. The highest BCUT2D eigenvalue weighted by atomic mass is 32.1. The summed E-state index contributed by atoms with van der Waals surface area (Å²) in [7, 11) is 0. The smallest absolute Gasteiger partial charge is 0.143 e. The van der Waals surface area contributed by atoms with Crippen molar-refractivity contribution in [2.45, 2.75) is 12.3 Å². The molecule has 0 saturated heterocycles. The van der Waals surface area contributed by atoms with Gasteiger partial charge in [0.1, 0.15) is 11.2 Å². The maximum absolute atomic E-state index is 6.43. The third-order valence-corrected chi connectivity index (χ3v) is 11.2. The van der Waals surface area contributed by atoms with Crippen LogP contribution in [0.3, 0.4) is 0 Å². The van der Waals surface area contributed by atoms with E-state index in [1.54, 1.807) is 0 Å². The first-order valence-corrected chi connectivity index (χ1v) is 16.7. The highest BCUT2D eigenvalue weighted by Crippen LogP contribution is 2.57. The van der Waals surface area contributed by atoms with E-state index in [0.717, 1.165) is 33.1 Å². The van der Waals surface area contributed by atoms with Crippen LogP contribution in [0.2, 0.25) is 0 Å². The van der Waals surface area contributed by atoms with Crippen LogP contribution in [0.25, 0.3) is 64.4 Å². The van der Waals surface area contributed by atoms with Gasteiger partial charge in [-0.05, 0) is 64.1 Å². The molecule has 1 aliphatic carbocycles. The molecule has 1 nitrogen and oxygen atoms in total. The Morgan fingerprint density at radius 1 is 0.478 bits per heavy atom. The maximum atomic E-state index is 6.43. The monoisotopic (exact) mass is 604 g/mol. The SMILES string of the molecule is Cc1ccc2c(c1)C(c1ccc(-c3cccc4c3oc3ccccc34)cc1)(c1ccc3c(c1)sc1ccccc13)c1ccccc1-2. The number of hydrogen-bond donors (Lipinski definition) is 0. The molecule has 1 atom stereocenters. The number of aryl methyl sites for hydroxylation is 1. The normalized spacial score (nSPS) is 15.6. The lowest BCUT2D eigenvalue weighted by atomic mass is 9.67. The summed E-state index contributed by atoms with van der Waals surface area (Å²) in [5.74, 6) is 0. The molecule has 0 spiro atoms. The molecule has 2 aromatic heterocycles. The summed E-state index contributed by atoms with van der Waals surface area (Å²) in [6, 6.07) is 56.0. The summed E-state index contributed by atoms with van der Waals surface area (Å²) in [5, 5.41) is 4.96. The third kappa shape index (κ3) is 3.45. The molecule has 0 saturated carbocycles. The van der Waals surface area contributed by atoms with Crippen molar-refractivity contribution >= 4 is 53.4 Å². The van der Waals surface area contributed by atoms with Crippen molar-refractivity contribution in [1.29, 1.82) is 0 Å². The molecule has 0 bridgehead atoms. The highest BCUT2D eigenvalue weighted by Gasteiger charge is 2.46. The number of thiophene rings is 1. The molecule has 2 heterocycles. The number of para-hydroxylation sites is 2. The minimum atomic E-state index is -0.452. The summed E-state index contributed by atoms with van der Waals surface area (Å²) in [6.45, 7) is 2.21. The van der Waals surface area contributed by atoms with Crippen LogP contribution in [0.4, 0.5) is 0 Å². The van der Waals surface area contributed by atoms with Gasteiger partial charge < -0.3 is 4.42 Å². The lowest BCUT2D eigenvalue weighted by Gasteiger charge is -2.34. The Morgan fingerprint density at radius 3 is 2.09 bits per heavy atom. The number of hydrogen-bond acceptors (Lipinski definition) is 2. The van der Waals surface area contributed by atoms with E-state index in [-0.39, 0.29) is 0 Å². The van der Waals surface area contributed by atoms with E-state index in [1.807, 2.05) is 17.4 Å². The lowest BCUT2D eigenvalue weighted by molar-refractivity contribution is 0.670. The van der Waals surface area contributed by atoms with Crippen LogP contribution in [-0.4, -0.2) is 0 Å². The number of fused-ring (bicyclic) bond motifs is 9. The predicted octanol–water partition coefficient (Wildman–Crippen LogP) is 12.3. The van der Waals surface area contributed by atoms with Crippen molar-refractivity contribution < 1.29 is 4.42 Å². The zero-order chi connectivity index (χ0) is 30.4. The van der Waals surface area contributed by atoms with Crippen LogP contribution >= 0.6 is 11.3 Å². The summed E-state index contributed by atoms with van der Waals surface area (Å²) in [5.41, 5.74) is 12.8. The van der Waals surface area contributed by atoms with Gasteiger partial charge in [0.2, 0.25) is 0 Å². The van der Waals surface area contributed by atoms with Crippen molar-refractivity contribution in [2.24, 2.45) is 0 Å². The van der Waals surface area contributed by atoms with E-state index in [4.69, 9.17) is 4.42 Å². The fourth-order valence-electron chi connectivity index (χ4n) is 8.02. The lowest BCUT2D eigenvalue weighted by Crippen LogP contribution is -2.28. The zero-order valence-electron chi connectivity index (χ0n) is 25.3. The average Bonchev–Trinajstić information content (AvgIpc) is 3.76. The molecule has 7 aromatic carbocycles. The molecule has 1 unspecified atom stereocenters. The van der Waals surface area contributed by atoms with E-state index in [1.165, 1.54) is 59.1 Å². The molecule has 0 N–H and O–H groups in total. The Hall–Kier alpha value is -5.44. The molecule has 0 aliphatic heterocycles. The number of furan rings is 1. The fourth-order valence-corrected chi connectivity index (χ4v) is 9.16. The first-order chi connectivity index (χ1) is 22.7. The second kappa shape index (κ2) is 9.53. The van der Waals surface area contributed by atoms with Gasteiger partial charge in [0.15, 0.2) is 0 Å². The quantitative estimate of drug-likeness (QED) is 0.196. The van der Waals surface area contributed by atoms with E-state index >= 15 is 0 Å². The average molecular weight is 605 g/mol. The Balaban J connectivity index is 1.24. The minimum absolute atomic E-state index is 0.452. The summed E-state index contributed by atoms with van der Waals surface area (Å²) in [4.78, 5) is 0. The molecule has 1 aliphatic rings. The van der Waals surface area contributed by atoms with Gasteiger partial charge in [-0.1, -0.05) is 139 Å². The summed E-state index contributed by atoms with van der Waals surface area (Å²) < 4.78 is 9.08. The van der Waals surface area contributed by atoms with Gasteiger partial charge in [-0.25, -0.2) is 0 Å². The fraction of sp³-hybridized carbons (Fsp3) is 0.0455. The Labute approximate surface area is 271 Å². The first kappa shape index (κ1) is 25.8. The third-order valence-electron chi connectivity index (χ3n) is 10.0. The highest BCUT2D eigenvalue weighted by molar-refractivity contribution is 7.25. The second-order valence-electron chi connectivity index (χ2n) is 12.5. The molecule has 216 valence electrons. The van der Waals surface area contributed by atoms with Crippen molar-refractivity contribution in [3.63, 3.8) is 0 Å². The van der Waals surface area contributed by atoms with Crippen LogP contribution in [0.15, 0.2) is 156 Å². The van der Waals surface area contributed by atoms with Gasteiger partial charge in [0.25, 0.3) is 0 Å². The van der Waals surface area contributed by atoms with Gasteiger partial charge in [0, 0.05) is 36.5 Å². The van der Waals surface area contributed by atoms with Crippen molar-refractivity contribution in [3.05, 3.63) is 179 Å². The van der Waals surface area contributed by atoms with E-state index in [2.05, 4.69) is 153 Å². The predicted molar refractivity (Wildman–Crippen MR) is 194 cm³/mol. The van der Waals surface area contributed by atoms with Gasteiger partial charge in [-0.3, -0.25) is 0 Å². The molecule has 0 radical (unpaired) electrons. The Kier molecular flexibility index (Phi) is 5.35. The van der Waals surface area contributed by atoms with Crippen molar-refractivity contribution in [1.82, 2.24) is 0 Å². The number of benzene rings is 7. The molecule has 10 rings (SSSR count). The van der Waals surface area contributed by atoms with Crippen LogP contribution in [0.1, 0.15) is 27.8 Å². The first-order valence-electron chi connectivity index (χ1n) is 15.8. The van der Waals surface area contributed by atoms with Crippen LogP contribution in [0.5, 0.6) is 0 Å². The van der Waals surface area contributed by atoms with E-state index < -0.39 is 5.41 Å². The molecule has 2 heteroatoms. The van der Waals surface area contributed by atoms with E-state index in [9.17, 15) is 0 Å². The van der Waals surface area contributed by atoms with Gasteiger partial charge in [-0.2, -0.15) is 0 Å². The second-order valence-corrected chi connectivity index (χ2v) is 13.6. The molecule has 46 heavy (non-hydrogen) atoms. The Morgan fingerprint density at radius 2 is 1.17 bits per heavy atom. The summed E-state index contributed by atoms with van der Waals surface area (Å²) in [6.07, 6.45) is 0. The molecule has 0 fully saturated rings. The van der Waals surface area contributed by atoms with Crippen LogP contribution < -0.4 is 0 Å². The minimum Gasteiger partial charge on any atom is -0.455 e. The zero-order valence-corrected chi connectivity index (χ0v) is 26.1. The van der Waals surface area contributed by atoms with Gasteiger partial charge in [-0.15, -0.1) is 11.3 Å².